The number of pyridine rings is 1. The molecule has 1 heterocycles. The van der Waals surface area contributed by atoms with Gasteiger partial charge in [0.05, 0.1) is 10.6 Å². The Morgan fingerprint density at radius 3 is 2.76 bits per heavy atom. The molecule has 8 heteroatoms. The minimum absolute atomic E-state index is 0.0142. The van der Waals surface area contributed by atoms with Gasteiger partial charge in [0.2, 0.25) is 5.82 Å². The highest BCUT2D eigenvalue weighted by atomic mass is 79.9. The van der Waals surface area contributed by atoms with Crippen LogP contribution in [0.2, 0.25) is 0 Å². The number of nitrogens with zero attached hydrogens (tertiary/aromatic N) is 2. The summed E-state index contributed by atoms with van der Waals surface area (Å²) >= 11 is 3.15. The van der Waals surface area contributed by atoms with Gasteiger partial charge in [-0.25, -0.2) is 9.37 Å². The molecule has 0 saturated carbocycles. The lowest BCUT2D eigenvalue weighted by atomic mass is 10.3. The first kappa shape index (κ1) is 15.2. The first-order chi connectivity index (χ1) is 10.0. The minimum Gasteiger partial charge on any atom is -0.370 e. The van der Waals surface area contributed by atoms with Gasteiger partial charge in [0, 0.05) is 17.1 Å². The highest BCUT2D eigenvalue weighted by molar-refractivity contribution is 9.10. The van der Waals surface area contributed by atoms with Crippen LogP contribution in [0.5, 0.6) is 0 Å². The maximum absolute atomic E-state index is 13.8. The first-order valence-corrected chi connectivity index (χ1v) is 6.92. The lowest BCUT2D eigenvalue weighted by Crippen LogP contribution is -2.05. The quantitative estimate of drug-likeness (QED) is 0.624. The second kappa shape index (κ2) is 6.49. The number of benzene rings is 1. The molecule has 2 aromatic rings. The van der Waals surface area contributed by atoms with Gasteiger partial charge in [-0.3, -0.25) is 10.1 Å². The number of nitrogens with one attached hydrogen (secondary N) is 2. The molecule has 2 rings (SSSR count). The lowest BCUT2D eigenvalue weighted by Gasteiger charge is -2.09. The molecule has 21 heavy (non-hydrogen) atoms. The molecule has 0 saturated heterocycles. The molecule has 1 aromatic carbocycles. The zero-order valence-electron chi connectivity index (χ0n) is 11.1. The maximum atomic E-state index is 13.8. The molecule has 0 radical (unpaired) electrons. The number of hydrogen-bond donors (Lipinski definition) is 2. The van der Waals surface area contributed by atoms with Crippen molar-refractivity contribution >= 4 is 38.9 Å². The Labute approximate surface area is 128 Å². The average molecular weight is 355 g/mol. The van der Waals surface area contributed by atoms with E-state index in [0.29, 0.717) is 16.8 Å². The number of aromatic nitrogens is 1. The van der Waals surface area contributed by atoms with Crippen LogP contribution in [-0.4, -0.2) is 16.5 Å². The fraction of sp³-hybridized carbons (Fsp3) is 0.154. The summed E-state index contributed by atoms with van der Waals surface area (Å²) in [6, 6.07) is 7.20. The fourth-order valence-corrected chi connectivity index (χ4v) is 2.02. The van der Waals surface area contributed by atoms with Gasteiger partial charge in [-0.15, -0.1) is 0 Å². The van der Waals surface area contributed by atoms with Crippen LogP contribution in [0.4, 0.5) is 27.4 Å². The van der Waals surface area contributed by atoms with Crippen molar-refractivity contribution in [3.63, 3.8) is 0 Å². The summed E-state index contributed by atoms with van der Waals surface area (Å²) in [5.41, 5.74) is -0.110. The van der Waals surface area contributed by atoms with E-state index in [-0.39, 0.29) is 17.2 Å². The van der Waals surface area contributed by atoms with E-state index in [2.05, 4.69) is 31.5 Å². The number of nitro groups is 1. The van der Waals surface area contributed by atoms with Crippen LogP contribution >= 0.6 is 15.9 Å². The Balaban J connectivity index is 2.40. The zero-order valence-corrected chi connectivity index (χ0v) is 12.6. The van der Waals surface area contributed by atoms with Gasteiger partial charge in [0.15, 0.2) is 0 Å². The summed E-state index contributed by atoms with van der Waals surface area (Å²) in [7, 11) is 0. The Kier molecular flexibility index (Phi) is 4.69. The molecule has 1 aromatic heterocycles. The third kappa shape index (κ3) is 3.66. The molecule has 6 nitrogen and oxygen atoms in total. The summed E-state index contributed by atoms with van der Waals surface area (Å²) in [5.74, 6) is -0.0721. The van der Waals surface area contributed by atoms with Gasteiger partial charge in [-0.2, -0.15) is 0 Å². The van der Waals surface area contributed by atoms with E-state index in [1.165, 1.54) is 24.3 Å². The predicted molar refractivity (Wildman–Crippen MR) is 82.4 cm³/mol. The van der Waals surface area contributed by atoms with E-state index in [0.717, 1.165) is 0 Å². The second-order valence-corrected chi connectivity index (χ2v) is 5.02. The molecule has 0 aliphatic heterocycles. The van der Waals surface area contributed by atoms with Gasteiger partial charge < -0.3 is 10.6 Å². The largest absolute Gasteiger partial charge is 0.370 e. The fourth-order valence-electron chi connectivity index (χ4n) is 1.69. The summed E-state index contributed by atoms with van der Waals surface area (Å²) in [6.07, 6.45) is 0. The summed E-state index contributed by atoms with van der Waals surface area (Å²) < 4.78 is 14.4. The van der Waals surface area contributed by atoms with Crippen molar-refractivity contribution in [3.8, 4) is 0 Å². The van der Waals surface area contributed by atoms with E-state index in [4.69, 9.17) is 0 Å². The van der Waals surface area contributed by atoms with Crippen molar-refractivity contribution in [3.05, 3.63) is 50.7 Å². The van der Waals surface area contributed by atoms with Gasteiger partial charge in [-0.1, -0.05) is 15.9 Å². The molecule has 0 unspecified atom stereocenters. The number of halogens is 2. The van der Waals surface area contributed by atoms with Crippen LogP contribution in [0.1, 0.15) is 6.92 Å². The lowest BCUT2D eigenvalue weighted by molar-refractivity contribution is -0.384. The van der Waals surface area contributed by atoms with Crippen molar-refractivity contribution in [2.45, 2.75) is 6.92 Å². The van der Waals surface area contributed by atoms with E-state index < -0.39 is 10.7 Å². The number of hydrogen-bond acceptors (Lipinski definition) is 5. The van der Waals surface area contributed by atoms with Crippen LogP contribution in [0.15, 0.2) is 34.8 Å². The van der Waals surface area contributed by atoms with Crippen LogP contribution in [0.3, 0.4) is 0 Å². The molecule has 0 spiro atoms. The summed E-state index contributed by atoms with van der Waals surface area (Å²) in [5, 5.41) is 16.6. The molecule has 110 valence electrons. The molecular formula is C13H12BrFN4O2. The molecular weight excluding hydrogens is 343 g/mol. The molecule has 0 aliphatic rings. The van der Waals surface area contributed by atoms with Crippen LogP contribution in [-0.2, 0) is 0 Å². The molecule has 0 amide bonds. The van der Waals surface area contributed by atoms with Gasteiger partial charge in [0.1, 0.15) is 11.6 Å². The van der Waals surface area contributed by atoms with Crippen molar-refractivity contribution in [2.75, 3.05) is 17.2 Å². The third-order valence-corrected chi connectivity index (χ3v) is 3.11. The Morgan fingerprint density at radius 1 is 1.38 bits per heavy atom. The van der Waals surface area contributed by atoms with Gasteiger partial charge in [-0.05, 0) is 31.2 Å². The second-order valence-electron chi connectivity index (χ2n) is 4.10. The van der Waals surface area contributed by atoms with Crippen molar-refractivity contribution in [1.82, 2.24) is 4.98 Å². The zero-order chi connectivity index (χ0) is 15.4. The Morgan fingerprint density at radius 2 is 2.14 bits per heavy atom. The predicted octanol–water partition coefficient (Wildman–Crippen LogP) is 4.07. The maximum Gasteiger partial charge on any atom is 0.311 e. The monoisotopic (exact) mass is 354 g/mol. The van der Waals surface area contributed by atoms with Crippen LogP contribution in [0.25, 0.3) is 0 Å². The van der Waals surface area contributed by atoms with E-state index in [9.17, 15) is 14.5 Å². The van der Waals surface area contributed by atoms with E-state index >= 15 is 0 Å². The summed E-state index contributed by atoms with van der Waals surface area (Å²) in [4.78, 5) is 14.6. The first-order valence-electron chi connectivity index (χ1n) is 6.12. The van der Waals surface area contributed by atoms with E-state index in [1.54, 1.807) is 6.07 Å². The topological polar surface area (TPSA) is 80.1 Å². The standard InChI is InChI=1S/C13H12BrFN4O2/c1-2-16-12-6-5-11(19(20)21)13(18-12)17-10-4-3-8(14)7-9(10)15/h3-7H,2H2,1H3,(H2,16,17,18). The minimum atomic E-state index is -0.568. The highest BCUT2D eigenvalue weighted by Gasteiger charge is 2.17. The van der Waals surface area contributed by atoms with Crippen molar-refractivity contribution in [1.29, 1.82) is 0 Å². The normalized spacial score (nSPS) is 10.2. The molecule has 0 fully saturated rings. The number of rotatable bonds is 5. The SMILES string of the molecule is CCNc1ccc([N+](=O)[O-])c(Nc2ccc(Br)cc2F)n1. The Bertz CT molecular complexity index is 681. The smallest absolute Gasteiger partial charge is 0.311 e. The van der Waals surface area contributed by atoms with E-state index in [1.807, 2.05) is 6.92 Å². The molecule has 2 N–H and O–H groups in total. The number of anilines is 3. The van der Waals surface area contributed by atoms with Crippen LogP contribution in [0, 0.1) is 15.9 Å². The third-order valence-electron chi connectivity index (χ3n) is 2.61. The van der Waals surface area contributed by atoms with Crippen molar-refractivity contribution in [2.24, 2.45) is 0 Å². The molecule has 0 atom stereocenters. The molecule has 0 bridgehead atoms. The van der Waals surface area contributed by atoms with Crippen molar-refractivity contribution < 1.29 is 9.31 Å². The average Bonchev–Trinajstić information content (AvgIpc) is 2.42. The van der Waals surface area contributed by atoms with Gasteiger partial charge in [0.25, 0.3) is 0 Å². The van der Waals surface area contributed by atoms with Gasteiger partial charge >= 0.3 is 5.69 Å². The summed E-state index contributed by atoms with van der Waals surface area (Å²) in [6.45, 7) is 2.50. The van der Waals surface area contributed by atoms with Crippen LogP contribution < -0.4 is 10.6 Å². The molecule has 0 aliphatic carbocycles. The Hall–Kier alpha value is -2.22. The highest BCUT2D eigenvalue weighted by Crippen LogP contribution is 2.29.